The molecule has 1 saturated heterocycles. The summed E-state index contributed by atoms with van der Waals surface area (Å²) >= 11 is 0. The van der Waals surface area contributed by atoms with E-state index in [2.05, 4.69) is 20.4 Å². The Morgan fingerprint density at radius 3 is 2.85 bits per heavy atom. The number of hydrogen-bond donors (Lipinski definition) is 1. The Morgan fingerprint density at radius 2 is 2.04 bits per heavy atom. The standard InChI is InChI=1S/C19H23N5O2/c25-17(14-8-20-21-15(14)11-3-4-11)24-9-13-2-1-7-19(13,10-24)18-23-22-16(26-18)12-5-6-12/h8,11-13H,1-7,9-10H2,(H,20,21)/t13-,19-/m0/s1. The summed E-state index contributed by atoms with van der Waals surface area (Å²) in [4.78, 5) is 15.2. The Morgan fingerprint density at radius 1 is 1.19 bits per heavy atom. The third-order valence-electron chi connectivity index (χ3n) is 6.84. The number of hydrogen-bond acceptors (Lipinski definition) is 5. The lowest BCUT2D eigenvalue weighted by Gasteiger charge is -2.24. The summed E-state index contributed by atoms with van der Waals surface area (Å²) in [6, 6.07) is 0. The first-order valence-corrected chi connectivity index (χ1v) is 9.91. The van der Waals surface area contributed by atoms with E-state index in [0.29, 0.717) is 24.3 Å². The number of H-pyrrole nitrogens is 1. The number of likely N-dealkylation sites (tertiary alicyclic amines) is 1. The molecule has 136 valence electrons. The van der Waals surface area contributed by atoms with Crippen molar-refractivity contribution in [2.24, 2.45) is 5.92 Å². The molecule has 1 amide bonds. The Kier molecular flexibility index (Phi) is 2.97. The van der Waals surface area contributed by atoms with Crippen LogP contribution in [-0.4, -0.2) is 44.3 Å². The minimum absolute atomic E-state index is 0.108. The van der Waals surface area contributed by atoms with Crippen molar-refractivity contribution in [3.8, 4) is 0 Å². The van der Waals surface area contributed by atoms with Crippen molar-refractivity contribution in [1.82, 2.24) is 25.3 Å². The molecule has 26 heavy (non-hydrogen) atoms. The van der Waals surface area contributed by atoms with Crippen LogP contribution >= 0.6 is 0 Å². The van der Waals surface area contributed by atoms with E-state index in [9.17, 15) is 4.79 Å². The molecule has 3 aliphatic carbocycles. The van der Waals surface area contributed by atoms with E-state index in [0.717, 1.165) is 68.1 Å². The van der Waals surface area contributed by atoms with Gasteiger partial charge in [-0.2, -0.15) is 5.10 Å². The molecule has 7 nitrogen and oxygen atoms in total. The number of carbonyl (C=O) groups excluding carboxylic acids is 1. The number of amides is 1. The van der Waals surface area contributed by atoms with Gasteiger partial charge in [-0.1, -0.05) is 6.42 Å². The lowest BCUT2D eigenvalue weighted by Crippen LogP contribution is -2.35. The van der Waals surface area contributed by atoms with Crippen LogP contribution in [0.5, 0.6) is 0 Å². The van der Waals surface area contributed by atoms with Crippen LogP contribution < -0.4 is 0 Å². The Bertz CT molecular complexity index is 865. The molecule has 7 heteroatoms. The zero-order valence-corrected chi connectivity index (χ0v) is 14.8. The molecule has 4 aliphatic rings. The van der Waals surface area contributed by atoms with Crippen molar-refractivity contribution < 1.29 is 9.21 Å². The van der Waals surface area contributed by atoms with Gasteiger partial charge in [0.25, 0.3) is 5.91 Å². The molecule has 3 heterocycles. The van der Waals surface area contributed by atoms with Crippen LogP contribution in [0.3, 0.4) is 0 Å². The molecule has 2 aromatic rings. The molecule has 1 N–H and O–H groups in total. The summed E-state index contributed by atoms with van der Waals surface area (Å²) in [7, 11) is 0. The van der Waals surface area contributed by atoms with Crippen LogP contribution in [-0.2, 0) is 5.41 Å². The van der Waals surface area contributed by atoms with Gasteiger partial charge in [0.05, 0.1) is 22.9 Å². The summed E-state index contributed by atoms with van der Waals surface area (Å²) in [6.45, 7) is 1.48. The summed E-state index contributed by atoms with van der Waals surface area (Å²) in [5.41, 5.74) is 1.64. The zero-order chi connectivity index (χ0) is 17.3. The predicted octanol–water partition coefficient (Wildman–Crippen LogP) is 2.74. The number of nitrogens with zero attached hydrogens (tertiary/aromatic N) is 4. The number of rotatable bonds is 4. The Hall–Kier alpha value is -2.18. The van der Waals surface area contributed by atoms with Gasteiger partial charge >= 0.3 is 0 Å². The van der Waals surface area contributed by atoms with Crippen molar-refractivity contribution in [3.05, 3.63) is 29.2 Å². The average molecular weight is 353 g/mol. The first-order valence-electron chi connectivity index (χ1n) is 9.91. The monoisotopic (exact) mass is 353 g/mol. The second-order valence-electron chi connectivity index (χ2n) is 8.62. The summed E-state index contributed by atoms with van der Waals surface area (Å²) in [5, 5.41) is 15.9. The third kappa shape index (κ3) is 2.12. The zero-order valence-electron chi connectivity index (χ0n) is 14.8. The van der Waals surface area contributed by atoms with Crippen molar-refractivity contribution in [1.29, 1.82) is 0 Å². The maximum atomic E-state index is 13.2. The highest BCUT2D eigenvalue weighted by atomic mass is 16.4. The van der Waals surface area contributed by atoms with Crippen molar-refractivity contribution in [3.63, 3.8) is 0 Å². The van der Waals surface area contributed by atoms with Crippen molar-refractivity contribution >= 4 is 5.91 Å². The van der Waals surface area contributed by atoms with Gasteiger partial charge in [0.1, 0.15) is 0 Å². The molecule has 0 aromatic carbocycles. The maximum Gasteiger partial charge on any atom is 0.257 e. The van der Waals surface area contributed by atoms with Gasteiger partial charge in [-0.25, -0.2) is 0 Å². The predicted molar refractivity (Wildman–Crippen MR) is 91.8 cm³/mol. The number of aromatic amines is 1. The quantitative estimate of drug-likeness (QED) is 0.913. The van der Waals surface area contributed by atoms with E-state index < -0.39 is 0 Å². The molecule has 2 aromatic heterocycles. The molecule has 4 fully saturated rings. The van der Waals surface area contributed by atoms with E-state index in [4.69, 9.17) is 4.42 Å². The second kappa shape index (κ2) is 5.18. The lowest BCUT2D eigenvalue weighted by atomic mass is 9.80. The smallest absolute Gasteiger partial charge is 0.257 e. The molecule has 0 unspecified atom stereocenters. The fourth-order valence-electron chi connectivity index (χ4n) is 5.04. The molecule has 0 radical (unpaired) electrons. The molecule has 3 saturated carbocycles. The van der Waals surface area contributed by atoms with E-state index in [1.54, 1.807) is 6.20 Å². The van der Waals surface area contributed by atoms with E-state index in [-0.39, 0.29) is 11.3 Å². The summed E-state index contributed by atoms with van der Waals surface area (Å²) in [5.74, 6) is 3.07. The number of carbonyl (C=O) groups is 1. The molecular formula is C19H23N5O2. The number of nitrogens with one attached hydrogen (secondary N) is 1. The molecular weight excluding hydrogens is 330 g/mol. The fourth-order valence-corrected chi connectivity index (χ4v) is 5.04. The van der Waals surface area contributed by atoms with E-state index in [1.165, 1.54) is 6.42 Å². The number of aromatic nitrogens is 4. The highest BCUT2D eigenvalue weighted by molar-refractivity contribution is 5.95. The van der Waals surface area contributed by atoms with Crippen LogP contribution in [0.2, 0.25) is 0 Å². The molecule has 1 aliphatic heterocycles. The van der Waals surface area contributed by atoms with Gasteiger partial charge in [0.2, 0.25) is 11.8 Å². The molecule has 0 spiro atoms. The first kappa shape index (κ1) is 14.9. The summed E-state index contributed by atoms with van der Waals surface area (Å²) in [6.07, 6.45) is 9.67. The van der Waals surface area contributed by atoms with Crippen LogP contribution in [0.25, 0.3) is 0 Å². The minimum Gasteiger partial charge on any atom is -0.424 e. The maximum absolute atomic E-state index is 13.2. The number of fused-ring (bicyclic) bond motifs is 1. The fraction of sp³-hybridized carbons (Fsp3) is 0.684. The van der Waals surface area contributed by atoms with E-state index >= 15 is 0 Å². The SMILES string of the molecule is O=C(c1cn[nH]c1C1CC1)N1C[C@@H]2CCC[C@]2(c2nnc(C3CC3)o2)C1. The average Bonchev–Trinajstić information content (AvgIpc) is 3.46. The highest BCUT2D eigenvalue weighted by Gasteiger charge is 2.55. The second-order valence-corrected chi connectivity index (χ2v) is 8.62. The first-order chi connectivity index (χ1) is 12.7. The van der Waals surface area contributed by atoms with Gasteiger partial charge in [-0.15, -0.1) is 10.2 Å². The minimum atomic E-state index is -0.140. The molecule has 2 atom stereocenters. The van der Waals surface area contributed by atoms with Crippen molar-refractivity contribution in [2.45, 2.75) is 62.2 Å². The van der Waals surface area contributed by atoms with Crippen LogP contribution in [0.4, 0.5) is 0 Å². The van der Waals surface area contributed by atoms with Crippen LogP contribution in [0.15, 0.2) is 10.6 Å². The lowest BCUT2D eigenvalue weighted by molar-refractivity contribution is 0.0774. The molecule has 0 bridgehead atoms. The third-order valence-corrected chi connectivity index (χ3v) is 6.84. The Labute approximate surface area is 151 Å². The van der Waals surface area contributed by atoms with Gasteiger partial charge in [0.15, 0.2) is 0 Å². The Balaban J connectivity index is 1.30. The van der Waals surface area contributed by atoms with Crippen molar-refractivity contribution in [2.75, 3.05) is 13.1 Å². The van der Waals surface area contributed by atoms with Crippen LogP contribution in [0, 0.1) is 5.92 Å². The van der Waals surface area contributed by atoms with E-state index in [1.807, 2.05) is 4.90 Å². The molecule has 6 rings (SSSR count). The topological polar surface area (TPSA) is 87.9 Å². The van der Waals surface area contributed by atoms with Crippen LogP contribution in [0.1, 0.15) is 84.6 Å². The summed E-state index contributed by atoms with van der Waals surface area (Å²) < 4.78 is 6.11. The highest BCUT2D eigenvalue weighted by Crippen LogP contribution is 2.51. The normalized spacial score (nSPS) is 30.8. The van der Waals surface area contributed by atoms with Gasteiger partial charge in [0, 0.05) is 24.9 Å². The largest absolute Gasteiger partial charge is 0.424 e. The van der Waals surface area contributed by atoms with Gasteiger partial charge in [-0.05, 0) is 44.4 Å². The van der Waals surface area contributed by atoms with Gasteiger partial charge in [-0.3, -0.25) is 9.89 Å². The van der Waals surface area contributed by atoms with Gasteiger partial charge < -0.3 is 9.32 Å².